The molecule has 3 aromatic rings. The van der Waals surface area contributed by atoms with Crippen LogP contribution in [0.5, 0.6) is 5.75 Å². The van der Waals surface area contributed by atoms with Crippen LogP contribution in [0.4, 0.5) is 0 Å². The third kappa shape index (κ3) is 3.28. The number of fused-ring (bicyclic) bond motifs is 1. The van der Waals surface area contributed by atoms with Crippen molar-refractivity contribution in [1.82, 2.24) is 24.6 Å². The van der Waals surface area contributed by atoms with Crippen molar-refractivity contribution in [3.05, 3.63) is 59.8 Å². The van der Waals surface area contributed by atoms with Crippen LogP contribution in [0.3, 0.4) is 0 Å². The fraction of sp³-hybridized carbons (Fsp3) is 0.389. The van der Waals surface area contributed by atoms with Crippen LogP contribution in [0.25, 0.3) is 0 Å². The SMILES string of the molecule is Cc1ccc(OCc2nnc3n2CCN(Cc2ccoc2)C3C)cn1. The number of nitrogens with zero attached hydrogens (tertiary/aromatic N) is 5. The van der Waals surface area contributed by atoms with Crippen LogP contribution >= 0.6 is 0 Å². The van der Waals surface area contributed by atoms with E-state index in [1.54, 1.807) is 18.7 Å². The van der Waals surface area contributed by atoms with Crippen LogP contribution in [-0.4, -0.2) is 31.2 Å². The molecule has 0 saturated heterocycles. The van der Waals surface area contributed by atoms with E-state index in [9.17, 15) is 0 Å². The molecule has 0 aliphatic carbocycles. The van der Waals surface area contributed by atoms with Gasteiger partial charge >= 0.3 is 0 Å². The van der Waals surface area contributed by atoms with Gasteiger partial charge in [0.05, 0.1) is 24.8 Å². The number of hydrogen-bond donors (Lipinski definition) is 0. The predicted molar refractivity (Wildman–Crippen MR) is 90.9 cm³/mol. The zero-order valence-corrected chi connectivity index (χ0v) is 14.4. The van der Waals surface area contributed by atoms with E-state index in [0.29, 0.717) is 6.61 Å². The highest BCUT2D eigenvalue weighted by atomic mass is 16.5. The van der Waals surface area contributed by atoms with Crippen LogP contribution < -0.4 is 4.74 Å². The van der Waals surface area contributed by atoms with E-state index in [1.807, 2.05) is 25.1 Å². The maximum atomic E-state index is 5.81. The minimum absolute atomic E-state index is 0.200. The lowest BCUT2D eigenvalue weighted by atomic mass is 10.2. The molecule has 1 unspecified atom stereocenters. The highest BCUT2D eigenvalue weighted by Crippen LogP contribution is 2.26. The van der Waals surface area contributed by atoms with Gasteiger partial charge in [0.1, 0.15) is 18.2 Å². The minimum Gasteiger partial charge on any atom is -0.484 e. The summed E-state index contributed by atoms with van der Waals surface area (Å²) in [6.45, 7) is 7.16. The number of pyridine rings is 1. The fourth-order valence-electron chi connectivity index (χ4n) is 3.11. The molecule has 0 amide bonds. The molecule has 3 aromatic heterocycles. The van der Waals surface area contributed by atoms with Crippen molar-refractivity contribution < 1.29 is 9.15 Å². The van der Waals surface area contributed by atoms with Crippen molar-refractivity contribution in [1.29, 1.82) is 0 Å². The molecule has 4 heterocycles. The number of aryl methyl sites for hydroxylation is 1. The number of hydrogen-bond acceptors (Lipinski definition) is 6. The van der Waals surface area contributed by atoms with Gasteiger partial charge in [-0.2, -0.15) is 0 Å². The quantitative estimate of drug-likeness (QED) is 0.712. The van der Waals surface area contributed by atoms with Crippen molar-refractivity contribution in [2.24, 2.45) is 0 Å². The van der Waals surface area contributed by atoms with Crippen LogP contribution in [0.2, 0.25) is 0 Å². The maximum Gasteiger partial charge on any atom is 0.171 e. The first kappa shape index (κ1) is 15.8. The smallest absolute Gasteiger partial charge is 0.171 e. The van der Waals surface area contributed by atoms with Crippen LogP contribution in [0, 0.1) is 6.92 Å². The molecule has 0 fully saturated rings. The van der Waals surface area contributed by atoms with Gasteiger partial charge in [-0.3, -0.25) is 9.88 Å². The van der Waals surface area contributed by atoms with Crippen molar-refractivity contribution >= 4 is 0 Å². The minimum atomic E-state index is 0.200. The molecule has 7 nitrogen and oxygen atoms in total. The van der Waals surface area contributed by atoms with Gasteiger partial charge in [-0.15, -0.1) is 10.2 Å². The van der Waals surface area contributed by atoms with Gasteiger partial charge in [-0.1, -0.05) is 0 Å². The highest BCUT2D eigenvalue weighted by Gasteiger charge is 2.28. The highest BCUT2D eigenvalue weighted by molar-refractivity contribution is 5.19. The third-order valence-corrected chi connectivity index (χ3v) is 4.61. The Balaban J connectivity index is 1.44. The largest absolute Gasteiger partial charge is 0.484 e. The van der Waals surface area contributed by atoms with E-state index in [0.717, 1.165) is 42.7 Å². The lowest BCUT2D eigenvalue weighted by molar-refractivity contribution is 0.152. The zero-order chi connectivity index (χ0) is 17.2. The second-order valence-electron chi connectivity index (χ2n) is 6.33. The Morgan fingerprint density at radius 1 is 1.24 bits per heavy atom. The first-order valence-corrected chi connectivity index (χ1v) is 8.43. The summed E-state index contributed by atoms with van der Waals surface area (Å²) >= 11 is 0. The van der Waals surface area contributed by atoms with Gasteiger partial charge in [0.2, 0.25) is 0 Å². The summed E-state index contributed by atoms with van der Waals surface area (Å²) in [5.41, 5.74) is 2.15. The first-order valence-electron chi connectivity index (χ1n) is 8.43. The molecule has 0 bridgehead atoms. The van der Waals surface area contributed by atoms with E-state index < -0.39 is 0 Å². The number of furan rings is 1. The molecule has 0 aromatic carbocycles. The Kier molecular flexibility index (Phi) is 4.23. The molecule has 1 aliphatic heterocycles. The van der Waals surface area contributed by atoms with Gasteiger partial charge in [0, 0.05) is 30.9 Å². The predicted octanol–water partition coefficient (Wildman–Crippen LogP) is 2.73. The van der Waals surface area contributed by atoms with Crippen LogP contribution in [-0.2, 0) is 19.7 Å². The molecule has 1 atom stereocenters. The maximum absolute atomic E-state index is 5.81. The Hall–Kier alpha value is -2.67. The first-order chi connectivity index (χ1) is 12.2. The van der Waals surface area contributed by atoms with Crippen LogP contribution in [0.1, 0.15) is 35.9 Å². The van der Waals surface area contributed by atoms with Gasteiger partial charge in [-0.05, 0) is 32.0 Å². The summed E-state index contributed by atoms with van der Waals surface area (Å²) in [6, 6.07) is 6.06. The lowest BCUT2D eigenvalue weighted by Gasteiger charge is -2.33. The number of aromatic nitrogens is 4. The Morgan fingerprint density at radius 2 is 2.16 bits per heavy atom. The van der Waals surface area contributed by atoms with E-state index in [4.69, 9.17) is 9.15 Å². The number of ether oxygens (including phenoxy) is 1. The molecule has 25 heavy (non-hydrogen) atoms. The van der Waals surface area contributed by atoms with Crippen molar-refractivity contribution in [2.45, 2.75) is 39.6 Å². The second-order valence-corrected chi connectivity index (χ2v) is 6.33. The van der Waals surface area contributed by atoms with E-state index in [2.05, 4.69) is 31.6 Å². The summed E-state index contributed by atoms with van der Waals surface area (Å²) in [4.78, 5) is 6.62. The molecular formula is C18H21N5O2. The molecule has 0 N–H and O–H groups in total. The summed E-state index contributed by atoms with van der Waals surface area (Å²) in [7, 11) is 0. The van der Waals surface area contributed by atoms with Crippen molar-refractivity contribution in [2.75, 3.05) is 6.54 Å². The normalized spacial score (nSPS) is 17.4. The van der Waals surface area contributed by atoms with Gasteiger partial charge in [0.25, 0.3) is 0 Å². The molecule has 4 rings (SSSR count). The summed E-state index contributed by atoms with van der Waals surface area (Å²) in [5, 5.41) is 8.73. The summed E-state index contributed by atoms with van der Waals surface area (Å²) in [6.07, 6.45) is 5.24. The summed E-state index contributed by atoms with van der Waals surface area (Å²) in [5.74, 6) is 2.58. The molecule has 7 heteroatoms. The average molecular weight is 339 g/mol. The number of rotatable bonds is 5. The van der Waals surface area contributed by atoms with Crippen LogP contribution in [0.15, 0.2) is 41.3 Å². The fourth-order valence-corrected chi connectivity index (χ4v) is 3.11. The molecule has 0 saturated carbocycles. The standard InChI is InChI=1S/C18H21N5O2/c1-13-3-4-16(9-19-13)25-12-17-20-21-18-14(2)22(6-7-23(17)18)10-15-5-8-24-11-15/h3-5,8-9,11,14H,6-7,10,12H2,1-2H3. The molecular weight excluding hydrogens is 318 g/mol. The lowest BCUT2D eigenvalue weighted by Crippen LogP contribution is -2.37. The third-order valence-electron chi connectivity index (χ3n) is 4.61. The van der Waals surface area contributed by atoms with Gasteiger partial charge < -0.3 is 13.7 Å². The van der Waals surface area contributed by atoms with Gasteiger partial charge in [-0.25, -0.2) is 0 Å². The molecule has 0 spiro atoms. The van der Waals surface area contributed by atoms with E-state index in [1.165, 1.54) is 5.56 Å². The zero-order valence-electron chi connectivity index (χ0n) is 14.4. The van der Waals surface area contributed by atoms with Crippen molar-refractivity contribution in [3.63, 3.8) is 0 Å². The second kappa shape index (κ2) is 6.68. The van der Waals surface area contributed by atoms with Gasteiger partial charge in [0.15, 0.2) is 5.82 Å². The Labute approximate surface area is 146 Å². The molecule has 0 radical (unpaired) electrons. The Bertz CT molecular complexity index is 826. The van der Waals surface area contributed by atoms with Crippen molar-refractivity contribution in [3.8, 4) is 5.75 Å². The average Bonchev–Trinajstić information content (AvgIpc) is 3.27. The molecule has 130 valence electrons. The Morgan fingerprint density at radius 3 is 2.92 bits per heavy atom. The summed E-state index contributed by atoms with van der Waals surface area (Å²) < 4.78 is 13.1. The van der Waals surface area contributed by atoms with E-state index >= 15 is 0 Å². The molecule has 1 aliphatic rings. The van der Waals surface area contributed by atoms with E-state index in [-0.39, 0.29) is 6.04 Å². The topological polar surface area (TPSA) is 69.2 Å². The monoisotopic (exact) mass is 339 g/mol.